The van der Waals surface area contributed by atoms with Gasteiger partial charge in [0.05, 0.1) is 0 Å². The molecule has 2 N–H and O–H groups in total. The van der Waals surface area contributed by atoms with Gasteiger partial charge in [-0.3, -0.25) is 9.59 Å². The van der Waals surface area contributed by atoms with Gasteiger partial charge >= 0.3 is 0 Å². The van der Waals surface area contributed by atoms with Crippen molar-refractivity contribution < 1.29 is 9.59 Å². The van der Waals surface area contributed by atoms with Crippen LogP contribution < -0.4 is 10.6 Å². The molecule has 0 bridgehead atoms. The fourth-order valence-corrected chi connectivity index (χ4v) is 3.16. The van der Waals surface area contributed by atoms with Crippen molar-refractivity contribution in [3.63, 3.8) is 0 Å². The average Bonchev–Trinajstić information content (AvgIpc) is 2.25. The van der Waals surface area contributed by atoms with Crippen molar-refractivity contribution in [2.75, 3.05) is 13.6 Å². The Labute approximate surface area is 136 Å². The standard InChI is InChI=1S/C18H36N2O2/c1-13(12-19-8)9-17(4,5)11-16(22)20-14(2)10-18(6,7)15(3)21/h13-14,19H,9-12H2,1-8H3,(H,20,22). The summed E-state index contributed by atoms with van der Waals surface area (Å²) < 4.78 is 0. The topological polar surface area (TPSA) is 58.2 Å². The van der Waals surface area contributed by atoms with E-state index in [0.717, 1.165) is 13.0 Å². The van der Waals surface area contributed by atoms with Crippen LogP contribution in [0.1, 0.15) is 67.7 Å². The van der Waals surface area contributed by atoms with Gasteiger partial charge in [0.25, 0.3) is 0 Å². The third-order valence-electron chi connectivity index (χ3n) is 4.27. The van der Waals surface area contributed by atoms with Crippen molar-refractivity contribution in [3.05, 3.63) is 0 Å². The molecule has 22 heavy (non-hydrogen) atoms. The summed E-state index contributed by atoms with van der Waals surface area (Å²) in [7, 11) is 1.95. The lowest BCUT2D eigenvalue weighted by Gasteiger charge is -2.29. The molecule has 1 amide bonds. The first-order valence-corrected chi connectivity index (χ1v) is 8.34. The third kappa shape index (κ3) is 8.52. The number of ketones is 1. The number of hydrogen-bond acceptors (Lipinski definition) is 3. The summed E-state index contributed by atoms with van der Waals surface area (Å²) in [6.07, 6.45) is 2.20. The molecule has 0 saturated heterocycles. The van der Waals surface area contributed by atoms with Crippen LogP contribution in [-0.4, -0.2) is 31.3 Å². The third-order valence-corrected chi connectivity index (χ3v) is 4.27. The van der Waals surface area contributed by atoms with Crippen LogP contribution in [0, 0.1) is 16.7 Å². The number of carbonyl (C=O) groups excluding carboxylic acids is 2. The first-order chi connectivity index (χ1) is 9.89. The van der Waals surface area contributed by atoms with Gasteiger partial charge in [-0.2, -0.15) is 0 Å². The fraction of sp³-hybridized carbons (Fsp3) is 0.889. The molecule has 4 nitrogen and oxygen atoms in total. The van der Waals surface area contributed by atoms with Gasteiger partial charge < -0.3 is 10.6 Å². The lowest BCUT2D eigenvalue weighted by Crippen LogP contribution is -2.39. The summed E-state index contributed by atoms with van der Waals surface area (Å²) in [6.45, 7) is 14.9. The number of hydrogen-bond donors (Lipinski definition) is 2. The minimum absolute atomic E-state index is 0.0110. The molecule has 2 unspecified atom stereocenters. The number of nitrogens with one attached hydrogen (secondary N) is 2. The highest BCUT2D eigenvalue weighted by Gasteiger charge is 2.28. The molecular weight excluding hydrogens is 276 g/mol. The SMILES string of the molecule is CNCC(C)CC(C)(C)CC(=O)NC(C)CC(C)(C)C(C)=O. The van der Waals surface area contributed by atoms with Gasteiger partial charge in [0, 0.05) is 17.9 Å². The minimum atomic E-state index is -0.385. The fourth-order valence-electron chi connectivity index (χ4n) is 3.16. The molecule has 130 valence electrons. The molecule has 4 heteroatoms. The van der Waals surface area contributed by atoms with Gasteiger partial charge in [0.1, 0.15) is 5.78 Å². The van der Waals surface area contributed by atoms with Crippen molar-refractivity contribution in [1.29, 1.82) is 0 Å². The molecule has 0 aromatic heterocycles. The Morgan fingerprint density at radius 1 is 1.05 bits per heavy atom. The van der Waals surface area contributed by atoms with Crippen molar-refractivity contribution in [2.45, 2.75) is 73.8 Å². The quantitative estimate of drug-likeness (QED) is 0.651. The molecule has 0 aliphatic heterocycles. The van der Waals surface area contributed by atoms with Crippen LogP contribution >= 0.6 is 0 Å². The lowest BCUT2D eigenvalue weighted by atomic mass is 9.80. The molecule has 0 saturated carbocycles. The number of Topliss-reactive ketones (excluding diaryl/α,β-unsaturated/α-hetero) is 1. The molecule has 2 atom stereocenters. The Kier molecular flexibility index (Phi) is 8.30. The molecule has 0 heterocycles. The summed E-state index contributed by atoms with van der Waals surface area (Å²) in [6, 6.07) is 0.0110. The summed E-state index contributed by atoms with van der Waals surface area (Å²) >= 11 is 0. The highest BCUT2D eigenvalue weighted by molar-refractivity contribution is 5.81. The molecule has 0 aliphatic rings. The van der Waals surface area contributed by atoms with E-state index in [-0.39, 0.29) is 28.6 Å². The van der Waals surface area contributed by atoms with E-state index in [9.17, 15) is 9.59 Å². The molecule has 0 radical (unpaired) electrons. The second-order valence-electron chi connectivity index (χ2n) is 8.32. The predicted molar refractivity (Wildman–Crippen MR) is 92.8 cm³/mol. The van der Waals surface area contributed by atoms with E-state index in [1.165, 1.54) is 0 Å². The van der Waals surface area contributed by atoms with Gasteiger partial charge in [-0.1, -0.05) is 34.6 Å². The molecule has 0 aromatic carbocycles. The molecule has 0 rings (SSSR count). The van der Waals surface area contributed by atoms with Crippen LogP contribution in [0.2, 0.25) is 0 Å². The Hall–Kier alpha value is -0.900. The van der Waals surface area contributed by atoms with Crippen LogP contribution in [0.25, 0.3) is 0 Å². The average molecular weight is 312 g/mol. The Morgan fingerprint density at radius 3 is 2.05 bits per heavy atom. The molecule has 0 fully saturated rings. The highest BCUT2D eigenvalue weighted by atomic mass is 16.1. The van der Waals surface area contributed by atoms with E-state index in [1.54, 1.807) is 6.92 Å². The van der Waals surface area contributed by atoms with Crippen LogP contribution in [0.4, 0.5) is 0 Å². The van der Waals surface area contributed by atoms with Gasteiger partial charge in [0.15, 0.2) is 0 Å². The van der Waals surface area contributed by atoms with Gasteiger partial charge in [-0.15, -0.1) is 0 Å². The van der Waals surface area contributed by atoms with Crippen molar-refractivity contribution in [1.82, 2.24) is 10.6 Å². The van der Waals surface area contributed by atoms with Crippen molar-refractivity contribution in [2.24, 2.45) is 16.7 Å². The molecule has 0 aliphatic carbocycles. The zero-order valence-corrected chi connectivity index (χ0v) is 15.8. The van der Waals surface area contributed by atoms with Crippen LogP contribution in [0.5, 0.6) is 0 Å². The van der Waals surface area contributed by atoms with Crippen LogP contribution in [0.15, 0.2) is 0 Å². The highest BCUT2D eigenvalue weighted by Crippen LogP contribution is 2.29. The molecule has 0 spiro atoms. The maximum absolute atomic E-state index is 12.3. The molecule has 0 aromatic rings. The van der Waals surface area contributed by atoms with Crippen molar-refractivity contribution in [3.8, 4) is 0 Å². The van der Waals surface area contributed by atoms with Crippen LogP contribution in [-0.2, 0) is 9.59 Å². The first kappa shape index (κ1) is 21.1. The predicted octanol–water partition coefficient (Wildman–Crippen LogP) is 3.16. The Balaban J connectivity index is 4.40. The summed E-state index contributed by atoms with van der Waals surface area (Å²) in [5.74, 6) is 0.783. The zero-order valence-electron chi connectivity index (χ0n) is 15.8. The number of carbonyl (C=O) groups is 2. The normalized spacial score (nSPS) is 15.3. The van der Waals surface area contributed by atoms with Crippen molar-refractivity contribution >= 4 is 11.7 Å². The maximum atomic E-state index is 12.3. The first-order valence-electron chi connectivity index (χ1n) is 8.34. The maximum Gasteiger partial charge on any atom is 0.220 e. The zero-order chi connectivity index (χ0) is 17.6. The Morgan fingerprint density at radius 2 is 1.59 bits per heavy atom. The van der Waals surface area contributed by atoms with Gasteiger partial charge in [-0.05, 0) is 51.6 Å². The summed E-state index contributed by atoms with van der Waals surface area (Å²) in [5.41, 5.74) is -0.403. The van der Waals surface area contributed by atoms with Crippen LogP contribution in [0.3, 0.4) is 0 Å². The van der Waals surface area contributed by atoms with E-state index in [0.29, 0.717) is 18.8 Å². The number of amides is 1. The monoisotopic (exact) mass is 312 g/mol. The Bertz CT molecular complexity index is 375. The second kappa shape index (κ2) is 8.66. The molecular formula is C18H36N2O2. The van der Waals surface area contributed by atoms with E-state index >= 15 is 0 Å². The number of rotatable bonds is 10. The summed E-state index contributed by atoms with van der Waals surface area (Å²) in [5, 5.41) is 6.22. The van der Waals surface area contributed by atoms with E-state index in [1.807, 2.05) is 27.8 Å². The second-order valence-corrected chi connectivity index (χ2v) is 8.32. The lowest BCUT2D eigenvalue weighted by molar-refractivity contribution is -0.127. The summed E-state index contributed by atoms with van der Waals surface area (Å²) in [4.78, 5) is 23.8. The van der Waals surface area contributed by atoms with E-state index < -0.39 is 0 Å². The van der Waals surface area contributed by atoms with Gasteiger partial charge in [-0.25, -0.2) is 0 Å². The van der Waals surface area contributed by atoms with E-state index in [4.69, 9.17) is 0 Å². The van der Waals surface area contributed by atoms with Gasteiger partial charge in [0.2, 0.25) is 5.91 Å². The minimum Gasteiger partial charge on any atom is -0.354 e. The largest absolute Gasteiger partial charge is 0.354 e. The smallest absolute Gasteiger partial charge is 0.220 e. The van der Waals surface area contributed by atoms with E-state index in [2.05, 4.69) is 31.4 Å².